The molecule has 4 aromatic carbocycles. The topological polar surface area (TPSA) is 138 Å². The maximum atomic E-state index is 13.1. The Kier molecular flexibility index (Phi) is 7.89. The number of hydrogen-bond acceptors (Lipinski definition) is 7. The van der Waals surface area contributed by atoms with Crippen molar-refractivity contribution in [3.05, 3.63) is 81.8 Å². The highest BCUT2D eigenvalue weighted by Gasteiger charge is 2.21. The Labute approximate surface area is 228 Å². The number of benzene rings is 4. The number of aromatic hydroxyl groups is 1. The number of azo groups is 1. The number of nitrogens with one attached hydrogen (secondary N) is 1. The van der Waals surface area contributed by atoms with Gasteiger partial charge in [-0.05, 0) is 61.2 Å². The molecule has 0 aromatic heterocycles. The van der Waals surface area contributed by atoms with Gasteiger partial charge in [0.2, 0.25) is 0 Å². The van der Waals surface area contributed by atoms with Gasteiger partial charge < -0.3 is 15.2 Å². The molecule has 0 saturated heterocycles. The van der Waals surface area contributed by atoms with Gasteiger partial charge in [0.1, 0.15) is 22.0 Å². The summed E-state index contributed by atoms with van der Waals surface area (Å²) in [5, 5.41) is 23.2. The summed E-state index contributed by atoms with van der Waals surface area (Å²) in [7, 11) is -4.68. The summed E-state index contributed by atoms with van der Waals surface area (Å²) in [6.45, 7) is 3.87. The third kappa shape index (κ3) is 5.73. The van der Waals surface area contributed by atoms with E-state index in [2.05, 4.69) is 15.5 Å². The highest BCUT2D eigenvalue weighted by Crippen LogP contribution is 2.41. The quantitative estimate of drug-likeness (QED) is 0.155. The lowest BCUT2D eigenvalue weighted by Gasteiger charge is -2.12. The fourth-order valence-corrected chi connectivity index (χ4v) is 4.77. The molecule has 0 radical (unpaired) electrons. The molecular formula is C26H21Cl2N3O6S. The highest BCUT2D eigenvalue weighted by molar-refractivity contribution is 7.86. The van der Waals surface area contributed by atoms with E-state index in [1.807, 2.05) is 6.92 Å². The summed E-state index contributed by atoms with van der Waals surface area (Å²) in [6.07, 6.45) is 0. The zero-order chi connectivity index (χ0) is 27.6. The van der Waals surface area contributed by atoms with Gasteiger partial charge in [-0.3, -0.25) is 9.35 Å². The van der Waals surface area contributed by atoms with E-state index in [4.69, 9.17) is 27.9 Å². The van der Waals surface area contributed by atoms with Crippen LogP contribution < -0.4 is 10.1 Å². The number of fused-ring (bicyclic) bond motifs is 1. The molecule has 0 bridgehead atoms. The number of phenols is 1. The van der Waals surface area contributed by atoms with Crippen LogP contribution in [-0.4, -0.2) is 30.6 Å². The van der Waals surface area contributed by atoms with Crippen LogP contribution in [0.15, 0.2) is 75.8 Å². The Morgan fingerprint density at radius 3 is 2.45 bits per heavy atom. The Hall–Kier alpha value is -3.70. The molecule has 4 aromatic rings. The van der Waals surface area contributed by atoms with Crippen molar-refractivity contribution in [3.8, 4) is 11.5 Å². The fraction of sp³-hybridized carbons (Fsp3) is 0.115. The number of nitrogens with zero attached hydrogens (tertiary/aromatic N) is 2. The zero-order valence-electron chi connectivity index (χ0n) is 20.1. The normalized spacial score (nSPS) is 11.7. The molecule has 0 spiro atoms. The lowest BCUT2D eigenvalue weighted by molar-refractivity contribution is 0.102. The molecule has 196 valence electrons. The largest absolute Gasteiger partial charge is 0.505 e. The third-order valence-electron chi connectivity index (χ3n) is 5.51. The number of ether oxygens (including phenoxy) is 1. The van der Waals surface area contributed by atoms with Gasteiger partial charge in [-0.15, -0.1) is 10.2 Å². The van der Waals surface area contributed by atoms with Gasteiger partial charge in [-0.2, -0.15) is 8.42 Å². The van der Waals surface area contributed by atoms with E-state index in [1.54, 1.807) is 43.3 Å². The van der Waals surface area contributed by atoms with E-state index in [0.717, 1.165) is 6.07 Å². The van der Waals surface area contributed by atoms with E-state index in [9.17, 15) is 22.9 Å². The summed E-state index contributed by atoms with van der Waals surface area (Å²) >= 11 is 12.2. The smallest absolute Gasteiger partial charge is 0.296 e. The van der Waals surface area contributed by atoms with Crippen LogP contribution in [0.1, 0.15) is 22.8 Å². The second-order valence-corrected chi connectivity index (χ2v) is 10.3. The SMILES string of the molecule is CCOc1ccc(NC(=O)c2cc3ccccc3c(N=Nc3cc(C)c(Cl)cc3S(=O)(=O)O)c2O)cc1Cl. The Bertz CT molecular complexity index is 1710. The summed E-state index contributed by atoms with van der Waals surface area (Å²) in [5.74, 6) is -0.669. The van der Waals surface area contributed by atoms with Crippen LogP contribution in [0.2, 0.25) is 10.0 Å². The van der Waals surface area contributed by atoms with Crippen molar-refractivity contribution in [2.24, 2.45) is 10.2 Å². The number of hydrogen-bond donors (Lipinski definition) is 3. The number of carbonyl (C=O) groups is 1. The van der Waals surface area contributed by atoms with Gasteiger partial charge in [0.15, 0.2) is 5.75 Å². The average Bonchev–Trinajstić information content (AvgIpc) is 2.86. The first-order chi connectivity index (χ1) is 18.0. The summed E-state index contributed by atoms with van der Waals surface area (Å²) in [5.41, 5.74) is 0.478. The summed E-state index contributed by atoms with van der Waals surface area (Å²) in [4.78, 5) is 12.6. The van der Waals surface area contributed by atoms with Crippen molar-refractivity contribution >= 4 is 67.1 Å². The molecule has 0 heterocycles. The Morgan fingerprint density at radius 1 is 1.03 bits per heavy atom. The molecule has 38 heavy (non-hydrogen) atoms. The highest BCUT2D eigenvalue weighted by atomic mass is 35.5. The number of amides is 1. The van der Waals surface area contributed by atoms with Crippen molar-refractivity contribution in [1.29, 1.82) is 0 Å². The predicted octanol–water partition coefficient (Wildman–Crippen LogP) is 7.47. The third-order valence-corrected chi connectivity index (χ3v) is 7.09. The van der Waals surface area contributed by atoms with Gasteiger partial charge in [0, 0.05) is 16.1 Å². The van der Waals surface area contributed by atoms with Crippen molar-refractivity contribution < 1.29 is 27.6 Å². The molecule has 1 amide bonds. The molecule has 0 aliphatic rings. The maximum Gasteiger partial charge on any atom is 0.296 e. The molecule has 0 fully saturated rings. The fourth-order valence-electron chi connectivity index (χ4n) is 3.68. The van der Waals surface area contributed by atoms with E-state index < -0.39 is 26.7 Å². The molecular weight excluding hydrogens is 553 g/mol. The lowest BCUT2D eigenvalue weighted by Crippen LogP contribution is -2.12. The first-order valence-electron chi connectivity index (χ1n) is 11.2. The first kappa shape index (κ1) is 27.3. The number of anilines is 1. The van der Waals surface area contributed by atoms with Gasteiger partial charge >= 0.3 is 0 Å². The number of phenolic OH excluding ortho intramolecular Hbond substituents is 1. The van der Waals surface area contributed by atoms with Gasteiger partial charge in [-0.25, -0.2) is 0 Å². The van der Waals surface area contributed by atoms with Crippen molar-refractivity contribution in [2.75, 3.05) is 11.9 Å². The van der Waals surface area contributed by atoms with Crippen molar-refractivity contribution in [2.45, 2.75) is 18.7 Å². The standard InChI is InChI=1S/C26H21Cl2N3O6S/c1-3-37-22-9-8-16(12-20(22)28)29-26(33)18-11-15-6-4-5-7-17(15)24(25(18)32)31-30-21-10-14(2)19(27)13-23(21)38(34,35)36/h4-13,32H,3H2,1-2H3,(H,29,33)(H,34,35,36). The van der Waals surface area contributed by atoms with Crippen molar-refractivity contribution in [1.82, 2.24) is 0 Å². The van der Waals surface area contributed by atoms with Crippen LogP contribution in [0, 0.1) is 6.92 Å². The Balaban J connectivity index is 1.79. The van der Waals surface area contributed by atoms with Crippen molar-refractivity contribution in [3.63, 3.8) is 0 Å². The number of aryl methyl sites for hydroxylation is 1. The monoisotopic (exact) mass is 573 g/mol. The molecule has 0 aliphatic heterocycles. The van der Waals surface area contributed by atoms with Crippen LogP contribution >= 0.6 is 23.2 Å². The minimum atomic E-state index is -4.68. The average molecular weight is 574 g/mol. The molecule has 0 unspecified atom stereocenters. The minimum absolute atomic E-state index is 0.0770. The molecule has 3 N–H and O–H groups in total. The van der Waals surface area contributed by atoms with Crippen LogP contribution in [0.25, 0.3) is 10.8 Å². The lowest BCUT2D eigenvalue weighted by atomic mass is 10.0. The van der Waals surface area contributed by atoms with E-state index in [1.165, 1.54) is 18.2 Å². The van der Waals surface area contributed by atoms with E-state index >= 15 is 0 Å². The predicted molar refractivity (Wildman–Crippen MR) is 146 cm³/mol. The summed E-state index contributed by atoms with van der Waals surface area (Å²) < 4.78 is 38.8. The Morgan fingerprint density at radius 2 is 1.76 bits per heavy atom. The van der Waals surface area contributed by atoms with Crippen LogP contribution in [-0.2, 0) is 10.1 Å². The van der Waals surface area contributed by atoms with Gasteiger partial charge in [0.25, 0.3) is 16.0 Å². The number of rotatable bonds is 7. The van der Waals surface area contributed by atoms with Crippen LogP contribution in [0.5, 0.6) is 11.5 Å². The van der Waals surface area contributed by atoms with Gasteiger partial charge in [0.05, 0.1) is 17.2 Å². The summed E-state index contributed by atoms with van der Waals surface area (Å²) in [6, 6.07) is 15.4. The van der Waals surface area contributed by atoms with Crippen LogP contribution in [0.3, 0.4) is 0 Å². The van der Waals surface area contributed by atoms with E-state index in [-0.39, 0.29) is 22.0 Å². The molecule has 0 aliphatic carbocycles. The second kappa shape index (κ2) is 11.0. The molecule has 0 atom stereocenters. The minimum Gasteiger partial charge on any atom is -0.505 e. The molecule has 9 nitrogen and oxygen atoms in total. The number of halogens is 2. The van der Waals surface area contributed by atoms with E-state index in [0.29, 0.717) is 39.4 Å². The molecule has 4 rings (SSSR count). The van der Waals surface area contributed by atoms with Crippen LogP contribution in [0.4, 0.5) is 17.1 Å². The molecule has 12 heteroatoms. The second-order valence-electron chi connectivity index (χ2n) is 8.12. The number of carbonyl (C=O) groups excluding carboxylic acids is 1. The maximum absolute atomic E-state index is 13.1. The molecule has 0 saturated carbocycles. The first-order valence-corrected chi connectivity index (χ1v) is 13.4. The van der Waals surface area contributed by atoms with Gasteiger partial charge in [-0.1, -0.05) is 47.5 Å². The zero-order valence-corrected chi connectivity index (χ0v) is 22.4.